The predicted molar refractivity (Wildman–Crippen MR) is 75.7 cm³/mol. The molecule has 20 heavy (non-hydrogen) atoms. The lowest BCUT2D eigenvalue weighted by molar-refractivity contribution is 0.0912. The highest BCUT2D eigenvalue weighted by Crippen LogP contribution is 2.49. The van der Waals surface area contributed by atoms with Gasteiger partial charge in [-0.25, -0.2) is 4.39 Å². The minimum absolute atomic E-state index is 0.0232. The molecule has 1 atom stereocenters. The van der Waals surface area contributed by atoms with Gasteiger partial charge in [0, 0.05) is 6.20 Å². The van der Waals surface area contributed by atoms with Gasteiger partial charge in [-0.1, -0.05) is 24.6 Å². The van der Waals surface area contributed by atoms with Crippen LogP contribution in [0.4, 0.5) is 4.39 Å². The Labute approximate surface area is 118 Å². The highest BCUT2D eigenvalue weighted by molar-refractivity contribution is 5.29. The summed E-state index contributed by atoms with van der Waals surface area (Å²) in [6.45, 7) is 0. The molecular formula is C17H18FNO. The van der Waals surface area contributed by atoms with Gasteiger partial charge < -0.3 is 5.11 Å². The van der Waals surface area contributed by atoms with Gasteiger partial charge in [-0.05, 0) is 54.5 Å². The second kappa shape index (κ2) is 5.33. The number of hydrogen-bond donors (Lipinski definition) is 1. The molecule has 1 heterocycles. The SMILES string of the molecule is OC(CC1(c2ccc(F)cc2)CCC1)c1ccccn1. The van der Waals surface area contributed by atoms with Crippen LogP contribution in [-0.4, -0.2) is 10.1 Å². The van der Waals surface area contributed by atoms with Gasteiger partial charge in [0.15, 0.2) is 0 Å². The van der Waals surface area contributed by atoms with Crippen LogP contribution in [0.5, 0.6) is 0 Å². The van der Waals surface area contributed by atoms with Crippen molar-refractivity contribution in [3.05, 3.63) is 65.7 Å². The van der Waals surface area contributed by atoms with E-state index in [4.69, 9.17) is 0 Å². The van der Waals surface area contributed by atoms with E-state index >= 15 is 0 Å². The van der Waals surface area contributed by atoms with E-state index in [0.717, 1.165) is 24.8 Å². The number of aromatic nitrogens is 1. The molecule has 1 aliphatic rings. The molecule has 2 aromatic rings. The summed E-state index contributed by atoms with van der Waals surface area (Å²) in [5, 5.41) is 10.4. The fourth-order valence-electron chi connectivity index (χ4n) is 3.07. The van der Waals surface area contributed by atoms with Crippen LogP contribution in [0.3, 0.4) is 0 Å². The zero-order chi connectivity index (χ0) is 14.0. The fourth-order valence-corrected chi connectivity index (χ4v) is 3.07. The Balaban J connectivity index is 1.81. The molecule has 1 unspecified atom stereocenters. The molecule has 0 amide bonds. The van der Waals surface area contributed by atoms with Gasteiger partial charge in [0.05, 0.1) is 11.8 Å². The summed E-state index contributed by atoms with van der Waals surface area (Å²) in [7, 11) is 0. The monoisotopic (exact) mass is 271 g/mol. The minimum Gasteiger partial charge on any atom is -0.387 e. The third kappa shape index (κ3) is 2.46. The summed E-state index contributed by atoms with van der Waals surface area (Å²) in [5.74, 6) is -0.214. The highest BCUT2D eigenvalue weighted by Gasteiger charge is 2.40. The number of pyridine rings is 1. The molecule has 1 fully saturated rings. The molecule has 0 saturated heterocycles. The predicted octanol–water partition coefficient (Wildman–Crippen LogP) is 3.77. The average molecular weight is 271 g/mol. The number of aliphatic hydroxyl groups is 1. The van der Waals surface area contributed by atoms with Crippen molar-refractivity contribution >= 4 is 0 Å². The van der Waals surface area contributed by atoms with E-state index in [1.807, 2.05) is 30.3 Å². The second-order valence-electron chi connectivity index (χ2n) is 5.62. The molecule has 3 heteroatoms. The van der Waals surface area contributed by atoms with Crippen molar-refractivity contribution in [3.8, 4) is 0 Å². The average Bonchev–Trinajstić information content (AvgIpc) is 2.45. The maximum Gasteiger partial charge on any atom is 0.123 e. The molecule has 104 valence electrons. The van der Waals surface area contributed by atoms with Crippen LogP contribution in [0, 0.1) is 5.82 Å². The number of hydrogen-bond acceptors (Lipinski definition) is 2. The molecule has 3 rings (SSSR count). The van der Waals surface area contributed by atoms with Crippen molar-refractivity contribution in [2.75, 3.05) is 0 Å². The lowest BCUT2D eigenvalue weighted by Crippen LogP contribution is -2.36. The molecule has 2 nitrogen and oxygen atoms in total. The minimum atomic E-state index is -0.568. The van der Waals surface area contributed by atoms with Crippen molar-refractivity contribution < 1.29 is 9.50 Å². The van der Waals surface area contributed by atoms with Gasteiger partial charge in [0.1, 0.15) is 5.82 Å². The van der Waals surface area contributed by atoms with Crippen LogP contribution in [0.2, 0.25) is 0 Å². The Hall–Kier alpha value is -1.74. The Morgan fingerprint density at radius 2 is 1.90 bits per heavy atom. The van der Waals surface area contributed by atoms with Crippen molar-refractivity contribution in [1.29, 1.82) is 0 Å². The Morgan fingerprint density at radius 1 is 1.15 bits per heavy atom. The summed E-state index contributed by atoms with van der Waals surface area (Å²) in [6.07, 6.45) is 5.03. The van der Waals surface area contributed by atoms with Crippen LogP contribution in [0.15, 0.2) is 48.7 Å². The van der Waals surface area contributed by atoms with Crippen LogP contribution < -0.4 is 0 Å². The van der Waals surface area contributed by atoms with E-state index in [1.165, 1.54) is 12.1 Å². The number of rotatable bonds is 4. The molecule has 1 aromatic heterocycles. The summed E-state index contributed by atoms with van der Waals surface area (Å²) in [5.41, 5.74) is 1.81. The molecule has 0 spiro atoms. The first kappa shape index (κ1) is 13.3. The van der Waals surface area contributed by atoms with Crippen LogP contribution >= 0.6 is 0 Å². The van der Waals surface area contributed by atoms with E-state index < -0.39 is 6.10 Å². The van der Waals surface area contributed by atoms with Gasteiger partial charge in [-0.15, -0.1) is 0 Å². The van der Waals surface area contributed by atoms with Gasteiger partial charge in [-0.2, -0.15) is 0 Å². The summed E-state index contributed by atoms with van der Waals surface area (Å²) >= 11 is 0. The lowest BCUT2D eigenvalue weighted by atomic mass is 9.61. The third-order valence-corrected chi connectivity index (χ3v) is 4.38. The first-order valence-electron chi connectivity index (χ1n) is 7.05. The normalized spacial score (nSPS) is 18.3. The fraction of sp³-hybridized carbons (Fsp3) is 0.353. The van der Waals surface area contributed by atoms with Crippen molar-refractivity contribution in [2.24, 2.45) is 0 Å². The van der Waals surface area contributed by atoms with Crippen molar-refractivity contribution in [3.63, 3.8) is 0 Å². The van der Waals surface area contributed by atoms with Gasteiger partial charge >= 0.3 is 0 Å². The molecule has 1 N–H and O–H groups in total. The summed E-state index contributed by atoms with van der Waals surface area (Å²) in [4.78, 5) is 4.22. The number of halogens is 1. The van der Waals surface area contributed by atoms with Crippen molar-refractivity contribution in [2.45, 2.75) is 37.2 Å². The van der Waals surface area contributed by atoms with Gasteiger partial charge in [-0.3, -0.25) is 4.98 Å². The molecule has 1 saturated carbocycles. The maximum absolute atomic E-state index is 13.1. The van der Waals surface area contributed by atoms with E-state index in [1.54, 1.807) is 6.20 Å². The topological polar surface area (TPSA) is 33.1 Å². The zero-order valence-corrected chi connectivity index (χ0v) is 11.3. The molecule has 0 bridgehead atoms. The Morgan fingerprint density at radius 3 is 2.45 bits per heavy atom. The van der Waals surface area contributed by atoms with Crippen LogP contribution in [-0.2, 0) is 5.41 Å². The molecular weight excluding hydrogens is 253 g/mol. The molecule has 0 aliphatic heterocycles. The van der Waals surface area contributed by atoms with Crippen molar-refractivity contribution in [1.82, 2.24) is 4.98 Å². The Bertz CT molecular complexity index is 563. The first-order valence-corrected chi connectivity index (χ1v) is 7.05. The maximum atomic E-state index is 13.1. The summed E-state index contributed by atoms with van der Waals surface area (Å²) in [6, 6.07) is 12.3. The highest BCUT2D eigenvalue weighted by atomic mass is 19.1. The second-order valence-corrected chi connectivity index (χ2v) is 5.62. The zero-order valence-electron chi connectivity index (χ0n) is 11.3. The van der Waals surface area contributed by atoms with E-state index in [2.05, 4.69) is 4.98 Å². The van der Waals surface area contributed by atoms with Gasteiger partial charge in [0.2, 0.25) is 0 Å². The molecule has 0 radical (unpaired) electrons. The number of aliphatic hydroxyl groups excluding tert-OH is 1. The lowest BCUT2D eigenvalue weighted by Gasteiger charge is -2.43. The molecule has 1 aliphatic carbocycles. The van der Waals surface area contributed by atoms with E-state index in [-0.39, 0.29) is 11.2 Å². The smallest absolute Gasteiger partial charge is 0.123 e. The standard InChI is InChI=1S/C17H18FNO/c18-14-7-5-13(6-8-14)17(9-3-10-17)12-16(20)15-4-1-2-11-19-15/h1-2,4-8,11,16,20H,3,9-10,12H2. The summed E-state index contributed by atoms with van der Waals surface area (Å²) < 4.78 is 13.1. The van der Waals surface area contributed by atoms with Gasteiger partial charge in [0.25, 0.3) is 0 Å². The first-order chi connectivity index (χ1) is 9.70. The Kier molecular flexibility index (Phi) is 3.53. The quantitative estimate of drug-likeness (QED) is 0.918. The van der Waals surface area contributed by atoms with Crippen LogP contribution in [0.25, 0.3) is 0 Å². The third-order valence-electron chi connectivity index (χ3n) is 4.38. The van der Waals surface area contributed by atoms with E-state index in [9.17, 15) is 9.50 Å². The number of benzene rings is 1. The van der Waals surface area contributed by atoms with E-state index in [0.29, 0.717) is 12.1 Å². The molecule has 1 aromatic carbocycles. The number of nitrogens with zero attached hydrogens (tertiary/aromatic N) is 1. The van der Waals surface area contributed by atoms with Crippen LogP contribution in [0.1, 0.15) is 43.0 Å². The largest absolute Gasteiger partial charge is 0.387 e.